The second kappa shape index (κ2) is 6.67. The zero-order valence-electron chi connectivity index (χ0n) is 13.9. The summed E-state index contributed by atoms with van der Waals surface area (Å²) in [6.07, 6.45) is 0.126. The van der Waals surface area contributed by atoms with Crippen LogP contribution in [0.5, 0.6) is 11.5 Å². The van der Waals surface area contributed by atoms with Crippen molar-refractivity contribution < 1.29 is 23.5 Å². The van der Waals surface area contributed by atoms with Crippen LogP contribution in [-0.2, 0) is 9.59 Å². The van der Waals surface area contributed by atoms with Gasteiger partial charge in [-0.05, 0) is 36.4 Å². The van der Waals surface area contributed by atoms with E-state index in [1.165, 1.54) is 24.3 Å². The molecule has 0 unspecified atom stereocenters. The number of carbonyl (C=O) groups excluding carboxylic acids is 2. The summed E-state index contributed by atoms with van der Waals surface area (Å²) >= 11 is 0. The van der Waals surface area contributed by atoms with Crippen molar-refractivity contribution in [3.8, 4) is 11.5 Å². The number of hydrogen-bond acceptors (Lipinski definition) is 4. The van der Waals surface area contributed by atoms with E-state index in [2.05, 4.69) is 5.32 Å². The van der Waals surface area contributed by atoms with E-state index in [4.69, 9.17) is 9.47 Å². The molecule has 2 aromatic carbocycles. The molecular formula is C19H17FN2O4. The zero-order chi connectivity index (χ0) is 18.1. The fraction of sp³-hybridized carbons (Fsp3) is 0.263. The van der Waals surface area contributed by atoms with Crippen molar-refractivity contribution in [2.45, 2.75) is 6.42 Å². The summed E-state index contributed by atoms with van der Waals surface area (Å²) in [6, 6.07) is 10.8. The quantitative estimate of drug-likeness (QED) is 0.918. The van der Waals surface area contributed by atoms with Crippen molar-refractivity contribution in [2.24, 2.45) is 5.92 Å². The van der Waals surface area contributed by atoms with E-state index in [-0.39, 0.29) is 30.6 Å². The van der Waals surface area contributed by atoms with E-state index in [0.717, 1.165) is 0 Å². The number of rotatable bonds is 3. The number of benzene rings is 2. The highest BCUT2D eigenvalue weighted by molar-refractivity contribution is 6.03. The lowest BCUT2D eigenvalue weighted by molar-refractivity contribution is -0.122. The predicted octanol–water partition coefficient (Wildman–Crippen LogP) is 2.59. The van der Waals surface area contributed by atoms with Gasteiger partial charge in [0.1, 0.15) is 19.0 Å². The van der Waals surface area contributed by atoms with Gasteiger partial charge in [0.25, 0.3) is 0 Å². The van der Waals surface area contributed by atoms with Crippen LogP contribution in [-0.4, -0.2) is 31.6 Å². The minimum absolute atomic E-state index is 0.124. The highest BCUT2D eigenvalue weighted by Gasteiger charge is 2.35. The molecular weight excluding hydrogens is 339 g/mol. The van der Waals surface area contributed by atoms with Gasteiger partial charge in [0.15, 0.2) is 11.5 Å². The van der Waals surface area contributed by atoms with Crippen molar-refractivity contribution in [2.75, 3.05) is 30.0 Å². The van der Waals surface area contributed by atoms with Gasteiger partial charge in [0.05, 0.1) is 5.92 Å². The van der Waals surface area contributed by atoms with E-state index in [1.54, 1.807) is 23.1 Å². The average molecular weight is 356 g/mol. The van der Waals surface area contributed by atoms with Crippen molar-refractivity contribution >= 4 is 23.2 Å². The van der Waals surface area contributed by atoms with Crippen LogP contribution in [0.4, 0.5) is 15.8 Å². The summed E-state index contributed by atoms with van der Waals surface area (Å²) in [6.45, 7) is 1.25. The summed E-state index contributed by atoms with van der Waals surface area (Å²) in [4.78, 5) is 26.4. The first-order valence-electron chi connectivity index (χ1n) is 8.36. The molecule has 0 radical (unpaired) electrons. The smallest absolute Gasteiger partial charge is 0.229 e. The van der Waals surface area contributed by atoms with Crippen LogP contribution in [0.2, 0.25) is 0 Å². The molecule has 26 heavy (non-hydrogen) atoms. The Kier molecular flexibility index (Phi) is 4.20. The molecule has 2 aliphatic heterocycles. The Morgan fingerprint density at radius 1 is 1.08 bits per heavy atom. The first kappa shape index (κ1) is 16.4. The van der Waals surface area contributed by atoms with Crippen LogP contribution >= 0.6 is 0 Å². The van der Waals surface area contributed by atoms with Crippen LogP contribution in [0, 0.1) is 11.7 Å². The van der Waals surface area contributed by atoms with E-state index in [1.807, 2.05) is 0 Å². The number of nitrogens with one attached hydrogen (secondary N) is 1. The molecule has 2 amide bonds. The molecule has 0 saturated carbocycles. The van der Waals surface area contributed by atoms with E-state index in [9.17, 15) is 14.0 Å². The third-order valence-corrected chi connectivity index (χ3v) is 4.45. The summed E-state index contributed by atoms with van der Waals surface area (Å²) in [5.74, 6) is 0.0218. The summed E-state index contributed by atoms with van der Waals surface area (Å²) in [7, 11) is 0. The highest BCUT2D eigenvalue weighted by atomic mass is 19.1. The molecule has 1 atom stereocenters. The van der Waals surface area contributed by atoms with Crippen LogP contribution in [0.15, 0.2) is 42.5 Å². The molecule has 0 bridgehead atoms. The number of halogens is 1. The second-order valence-electron chi connectivity index (χ2n) is 6.23. The molecule has 4 rings (SSSR count). The Morgan fingerprint density at radius 2 is 1.81 bits per heavy atom. The van der Waals surface area contributed by atoms with E-state index >= 15 is 0 Å². The minimum Gasteiger partial charge on any atom is -0.486 e. The molecule has 0 aromatic heterocycles. The maximum Gasteiger partial charge on any atom is 0.229 e. The van der Waals surface area contributed by atoms with Gasteiger partial charge in [0.2, 0.25) is 11.8 Å². The third kappa shape index (κ3) is 3.20. The van der Waals surface area contributed by atoms with E-state index < -0.39 is 5.92 Å². The van der Waals surface area contributed by atoms with Crippen molar-refractivity contribution in [3.63, 3.8) is 0 Å². The van der Waals surface area contributed by atoms with Crippen molar-refractivity contribution in [1.29, 1.82) is 0 Å². The van der Waals surface area contributed by atoms with Crippen LogP contribution < -0.4 is 19.7 Å². The van der Waals surface area contributed by atoms with Gasteiger partial charge in [-0.3, -0.25) is 9.59 Å². The Hall–Kier alpha value is -3.09. The highest BCUT2D eigenvalue weighted by Crippen LogP contribution is 2.36. The van der Waals surface area contributed by atoms with E-state index in [0.29, 0.717) is 36.1 Å². The van der Waals surface area contributed by atoms with Crippen molar-refractivity contribution in [1.82, 2.24) is 0 Å². The van der Waals surface area contributed by atoms with Crippen molar-refractivity contribution in [3.05, 3.63) is 48.3 Å². The fourth-order valence-corrected chi connectivity index (χ4v) is 3.11. The molecule has 1 fully saturated rings. The molecule has 134 valence electrons. The third-order valence-electron chi connectivity index (χ3n) is 4.45. The Labute approximate surface area is 149 Å². The maximum absolute atomic E-state index is 13.0. The Balaban J connectivity index is 1.46. The van der Waals surface area contributed by atoms with Crippen LogP contribution in [0.3, 0.4) is 0 Å². The molecule has 0 aliphatic carbocycles. The number of amides is 2. The number of ether oxygens (including phenoxy) is 2. The Bertz CT molecular complexity index is 853. The van der Waals surface area contributed by atoms with Gasteiger partial charge in [-0.1, -0.05) is 0 Å². The minimum atomic E-state index is -0.472. The lowest BCUT2D eigenvalue weighted by Crippen LogP contribution is -2.28. The lowest BCUT2D eigenvalue weighted by Gasteiger charge is -2.22. The maximum atomic E-state index is 13.0. The molecule has 0 spiro atoms. The first-order chi connectivity index (χ1) is 12.6. The molecule has 2 aromatic rings. The largest absolute Gasteiger partial charge is 0.486 e. The Morgan fingerprint density at radius 3 is 2.58 bits per heavy atom. The van der Waals surface area contributed by atoms with Crippen LogP contribution in [0.25, 0.3) is 0 Å². The fourth-order valence-electron chi connectivity index (χ4n) is 3.11. The molecule has 2 heterocycles. The monoisotopic (exact) mass is 356 g/mol. The van der Waals surface area contributed by atoms with Crippen LogP contribution in [0.1, 0.15) is 6.42 Å². The van der Waals surface area contributed by atoms with Gasteiger partial charge < -0.3 is 19.7 Å². The van der Waals surface area contributed by atoms with Gasteiger partial charge in [-0.25, -0.2) is 4.39 Å². The standard InChI is InChI=1S/C19H17FN2O4/c20-13-1-3-14(4-2-13)21-19(24)12-9-18(23)22(11-12)15-5-6-16-17(10-15)26-8-7-25-16/h1-6,10,12H,7-9,11H2,(H,21,24)/t12-/m0/s1. The molecule has 7 heteroatoms. The molecule has 1 N–H and O–H groups in total. The molecule has 6 nitrogen and oxygen atoms in total. The normalized spacial score (nSPS) is 18.7. The van der Waals surface area contributed by atoms with Gasteiger partial charge in [-0.2, -0.15) is 0 Å². The van der Waals surface area contributed by atoms with Gasteiger partial charge in [0, 0.05) is 30.4 Å². The summed E-state index contributed by atoms with van der Waals surface area (Å²) in [5, 5.41) is 2.72. The topological polar surface area (TPSA) is 67.9 Å². The number of fused-ring (bicyclic) bond motifs is 1. The van der Waals surface area contributed by atoms with Gasteiger partial charge >= 0.3 is 0 Å². The molecule has 2 aliphatic rings. The SMILES string of the molecule is O=C(Nc1ccc(F)cc1)[C@H]1CC(=O)N(c2ccc3c(c2)OCCO3)C1. The summed E-state index contributed by atoms with van der Waals surface area (Å²) < 4.78 is 24.0. The lowest BCUT2D eigenvalue weighted by atomic mass is 10.1. The number of anilines is 2. The number of hydrogen-bond donors (Lipinski definition) is 1. The molecule has 1 saturated heterocycles. The number of nitrogens with zero attached hydrogens (tertiary/aromatic N) is 1. The first-order valence-corrected chi connectivity index (χ1v) is 8.36. The average Bonchev–Trinajstić information content (AvgIpc) is 3.05. The second-order valence-corrected chi connectivity index (χ2v) is 6.23. The summed E-state index contributed by atoms with van der Waals surface area (Å²) in [5.41, 5.74) is 1.18. The zero-order valence-corrected chi connectivity index (χ0v) is 13.9. The van der Waals surface area contributed by atoms with Gasteiger partial charge in [-0.15, -0.1) is 0 Å². The number of carbonyl (C=O) groups is 2. The predicted molar refractivity (Wildman–Crippen MR) is 92.9 cm³/mol.